The van der Waals surface area contributed by atoms with E-state index >= 15 is 0 Å². The van der Waals surface area contributed by atoms with Crippen LogP contribution in [0.1, 0.15) is 21.5 Å². The van der Waals surface area contributed by atoms with Gasteiger partial charge >= 0.3 is 0 Å². The Kier molecular flexibility index (Phi) is 2.70. The van der Waals surface area contributed by atoms with Crippen LogP contribution in [-0.2, 0) is 5.33 Å². The summed E-state index contributed by atoms with van der Waals surface area (Å²) in [5.41, 5.74) is 3.09. The number of rotatable bonds is 2. The Bertz CT molecular complexity index is 487. The zero-order chi connectivity index (χ0) is 10.1. The predicted octanol–water partition coefficient (Wildman–Crippen LogP) is 3.92. The first-order chi connectivity index (χ1) is 6.77. The van der Waals surface area contributed by atoms with Gasteiger partial charge in [0.15, 0.2) is 6.29 Å². The second-order valence-corrected chi connectivity index (χ2v) is 4.65. The lowest BCUT2D eigenvalue weighted by Crippen LogP contribution is -1.88. The van der Waals surface area contributed by atoms with Crippen LogP contribution in [0.5, 0.6) is 0 Å². The minimum Gasteiger partial charge on any atom is -0.298 e. The van der Waals surface area contributed by atoms with Crippen molar-refractivity contribution in [2.75, 3.05) is 0 Å². The summed E-state index contributed by atoms with van der Waals surface area (Å²) in [5, 5.41) is 4.02. The number of thiophene rings is 1. The van der Waals surface area contributed by atoms with Gasteiger partial charge in [-0.2, -0.15) is 0 Å². The lowest BCUT2D eigenvalue weighted by atomic mass is 10.0. The van der Waals surface area contributed by atoms with E-state index in [-0.39, 0.29) is 0 Å². The molecule has 0 atom stereocenters. The molecule has 0 fully saturated rings. The van der Waals surface area contributed by atoms with E-state index in [1.165, 1.54) is 10.3 Å². The zero-order valence-corrected chi connectivity index (χ0v) is 10.1. The van der Waals surface area contributed by atoms with Crippen LogP contribution >= 0.6 is 27.3 Å². The molecule has 0 bridgehead atoms. The van der Waals surface area contributed by atoms with Crippen LogP contribution in [0.15, 0.2) is 17.5 Å². The number of aldehydes is 1. The Balaban J connectivity index is 2.88. The van der Waals surface area contributed by atoms with Crippen molar-refractivity contribution in [3.8, 4) is 0 Å². The minimum atomic E-state index is 0.803. The standard InChI is InChI=1S/C11H9BrOS/c1-7-2-3-10-11(9(7)5-13)8(4-12)6-14-10/h2-3,5-6H,4H2,1H3. The Morgan fingerprint density at radius 3 is 2.93 bits per heavy atom. The fourth-order valence-corrected chi connectivity index (χ4v) is 3.21. The Labute approximate surface area is 94.9 Å². The average Bonchev–Trinajstić information content (AvgIpc) is 2.61. The third-order valence-electron chi connectivity index (χ3n) is 2.34. The van der Waals surface area contributed by atoms with E-state index in [0.717, 1.165) is 28.1 Å². The maximum absolute atomic E-state index is 11.0. The van der Waals surface area contributed by atoms with Gasteiger partial charge in [-0.05, 0) is 29.5 Å². The fraction of sp³-hybridized carbons (Fsp3) is 0.182. The molecule has 1 aromatic heterocycles. The van der Waals surface area contributed by atoms with Gasteiger partial charge in [-0.15, -0.1) is 11.3 Å². The summed E-state index contributed by atoms with van der Waals surface area (Å²) in [5.74, 6) is 0. The van der Waals surface area contributed by atoms with Crippen molar-refractivity contribution in [3.63, 3.8) is 0 Å². The van der Waals surface area contributed by atoms with Gasteiger partial charge < -0.3 is 0 Å². The van der Waals surface area contributed by atoms with Crippen molar-refractivity contribution >= 4 is 43.6 Å². The van der Waals surface area contributed by atoms with E-state index < -0.39 is 0 Å². The SMILES string of the molecule is Cc1ccc2scc(CBr)c2c1C=O. The molecule has 0 unspecified atom stereocenters. The number of hydrogen-bond donors (Lipinski definition) is 0. The maximum atomic E-state index is 11.0. The number of aryl methyl sites for hydroxylation is 1. The van der Waals surface area contributed by atoms with E-state index in [1.54, 1.807) is 11.3 Å². The highest BCUT2D eigenvalue weighted by atomic mass is 79.9. The molecule has 0 aliphatic heterocycles. The van der Waals surface area contributed by atoms with E-state index in [2.05, 4.69) is 27.4 Å². The van der Waals surface area contributed by atoms with Crippen molar-refractivity contribution in [1.29, 1.82) is 0 Å². The highest BCUT2D eigenvalue weighted by Crippen LogP contribution is 2.31. The molecule has 0 aliphatic carbocycles. The summed E-state index contributed by atoms with van der Waals surface area (Å²) in [7, 11) is 0. The number of carbonyl (C=O) groups excluding carboxylic acids is 1. The number of hydrogen-bond acceptors (Lipinski definition) is 2. The van der Waals surface area contributed by atoms with Gasteiger partial charge in [0.25, 0.3) is 0 Å². The van der Waals surface area contributed by atoms with E-state index in [0.29, 0.717) is 0 Å². The number of carbonyl (C=O) groups is 1. The van der Waals surface area contributed by atoms with Crippen LogP contribution in [0.4, 0.5) is 0 Å². The van der Waals surface area contributed by atoms with E-state index in [4.69, 9.17) is 0 Å². The fourth-order valence-electron chi connectivity index (χ4n) is 1.58. The second-order valence-electron chi connectivity index (χ2n) is 3.18. The Hall–Kier alpha value is -0.670. The summed E-state index contributed by atoms with van der Waals surface area (Å²) >= 11 is 5.12. The molecule has 0 spiro atoms. The van der Waals surface area contributed by atoms with Gasteiger partial charge in [-0.25, -0.2) is 0 Å². The van der Waals surface area contributed by atoms with Crippen LogP contribution in [0.3, 0.4) is 0 Å². The normalized spacial score (nSPS) is 10.7. The van der Waals surface area contributed by atoms with Crippen molar-refractivity contribution in [2.24, 2.45) is 0 Å². The number of alkyl halides is 1. The molecular weight excluding hydrogens is 260 g/mol. The van der Waals surface area contributed by atoms with Crippen LogP contribution in [-0.4, -0.2) is 6.29 Å². The molecule has 0 N–H and O–H groups in total. The van der Waals surface area contributed by atoms with Crippen molar-refractivity contribution in [1.82, 2.24) is 0 Å². The van der Waals surface area contributed by atoms with Crippen LogP contribution < -0.4 is 0 Å². The molecule has 1 heterocycles. The molecule has 0 amide bonds. The first-order valence-corrected chi connectivity index (χ1v) is 6.29. The monoisotopic (exact) mass is 268 g/mol. The highest BCUT2D eigenvalue weighted by molar-refractivity contribution is 9.08. The first kappa shape index (κ1) is 9.87. The van der Waals surface area contributed by atoms with Gasteiger partial charge in [0.05, 0.1) is 0 Å². The average molecular weight is 269 g/mol. The quantitative estimate of drug-likeness (QED) is 0.596. The smallest absolute Gasteiger partial charge is 0.150 e. The van der Waals surface area contributed by atoms with Crippen molar-refractivity contribution < 1.29 is 4.79 Å². The summed E-state index contributed by atoms with van der Waals surface area (Å²) in [6.45, 7) is 1.97. The third kappa shape index (κ3) is 1.41. The molecule has 14 heavy (non-hydrogen) atoms. The first-order valence-electron chi connectivity index (χ1n) is 4.28. The summed E-state index contributed by atoms with van der Waals surface area (Å²) in [4.78, 5) is 11.0. The summed E-state index contributed by atoms with van der Waals surface area (Å²) in [6.07, 6.45) is 0.955. The molecule has 2 aromatic rings. The Morgan fingerprint density at radius 2 is 2.29 bits per heavy atom. The molecule has 0 aliphatic rings. The molecule has 3 heteroatoms. The van der Waals surface area contributed by atoms with Crippen molar-refractivity contribution in [2.45, 2.75) is 12.3 Å². The van der Waals surface area contributed by atoms with Gasteiger partial charge in [-0.3, -0.25) is 4.79 Å². The minimum absolute atomic E-state index is 0.803. The van der Waals surface area contributed by atoms with Crippen molar-refractivity contribution in [3.05, 3.63) is 34.2 Å². The third-order valence-corrected chi connectivity index (χ3v) is 3.94. The maximum Gasteiger partial charge on any atom is 0.150 e. The van der Waals surface area contributed by atoms with E-state index in [9.17, 15) is 4.79 Å². The molecule has 0 saturated heterocycles. The second kappa shape index (κ2) is 3.83. The van der Waals surface area contributed by atoms with Crippen LogP contribution in [0.25, 0.3) is 10.1 Å². The molecule has 1 nitrogen and oxygen atoms in total. The Morgan fingerprint density at radius 1 is 1.50 bits per heavy atom. The summed E-state index contributed by atoms with van der Waals surface area (Å²) in [6, 6.07) is 4.08. The highest BCUT2D eigenvalue weighted by Gasteiger charge is 2.09. The predicted molar refractivity (Wildman–Crippen MR) is 64.6 cm³/mol. The largest absolute Gasteiger partial charge is 0.298 e. The molecule has 72 valence electrons. The van der Waals surface area contributed by atoms with Crippen LogP contribution in [0, 0.1) is 6.92 Å². The molecule has 1 aromatic carbocycles. The zero-order valence-electron chi connectivity index (χ0n) is 7.71. The van der Waals surface area contributed by atoms with E-state index in [1.807, 2.05) is 13.0 Å². The summed E-state index contributed by atoms with van der Waals surface area (Å²) < 4.78 is 1.19. The molecule has 2 rings (SSSR count). The van der Waals surface area contributed by atoms with Gasteiger partial charge in [0.2, 0.25) is 0 Å². The lowest BCUT2D eigenvalue weighted by molar-refractivity contribution is 0.112. The number of fused-ring (bicyclic) bond motifs is 1. The molecular formula is C11H9BrOS. The molecule has 0 saturated carbocycles. The van der Waals surface area contributed by atoms with Crippen LogP contribution in [0.2, 0.25) is 0 Å². The lowest BCUT2D eigenvalue weighted by Gasteiger charge is -2.01. The number of benzene rings is 1. The molecule has 0 radical (unpaired) electrons. The van der Waals surface area contributed by atoms with Gasteiger partial charge in [0, 0.05) is 21.0 Å². The van der Waals surface area contributed by atoms with Gasteiger partial charge in [0.1, 0.15) is 0 Å². The topological polar surface area (TPSA) is 17.1 Å². The van der Waals surface area contributed by atoms with Gasteiger partial charge in [-0.1, -0.05) is 22.0 Å². The number of halogens is 1.